The number of nitrogens with one attached hydrogen (secondary N) is 1. The van der Waals surface area contributed by atoms with E-state index < -0.39 is 5.97 Å². The van der Waals surface area contributed by atoms with Crippen molar-refractivity contribution in [1.29, 1.82) is 0 Å². The summed E-state index contributed by atoms with van der Waals surface area (Å²) in [7, 11) is 0. The van der Waals surface area contributed by atoms with Gasteiger partial charge in [0.25, 0.3) is 0 Å². The van der Waals surface area contributed by atoms with Gasteiger partial charge in [-0.25, -0.2) is 0 Å². The summed E-state index contributed by atoms with van der Waals surface area (Å²) < 4.78 is 0.696. The van der Waals surface area contributed by atoms with Crippen molar-refractivity contribution in [2.75, 3.05) is 37.2 Å². The lowest BCUT2D eigenvalue weighted by atomic mass is 10.2. The molecule has 2 heterocycles. The van der Waals surface area contributed by atoms with Crippen molar-refractivity contribution < 1.29 is 9.90 Å². The van der Waals surface area contributed by atoms with E-state index in [4.69, 9.17) is 5.11 Å². The zero-order valence-electron chi connectivity index (χ0n) is 11.5. The van der Waals surface area contributed by atoms with Crippen LogP contribution in [0.3, 0.4) is 0 Å². The summed E-state index contributed by atoms with van der Waals surface area (Å²) in [5.74, 6) is -0.244. The Hall–Kier alpha value is -0.860. The molecule has 8 heteroatoms. The van der Waals surface area contributed by atoms with Crippen molar-refractivity contribution in [2.24, 2.45) is 5.92 Å². The topological polar surface area (TPSA) is 78.3 Å². The van der Waals surface area contributed by atoms with Crippen molar-refractivity contribution in [2.45, 2.75) is 24.1 Å². The van der Waals surface area contributed by atoms with Gasteiger partial charge in [-0.3, -0.25) is 4.79 Å². The van der Waals surface area contributed by atoms with Crippen LogP contribution in [-0.2, 0) is 4.79 Å². The number of anilines is 1. The molecule has 0 bridgehead atoms. The van der Waals surface area contributed by atoms with Gasteiger partial charge < -0.3 is 15.3 Å². The summed E-state index contributed by atoms with van der Waals surface area (Å²) in [5.41, 5.74) is 0. The van der Waals surface area contributed by atoms with Crippen molar-refractivity contribution in [1.82, 2.24) is 15.1 Å². The Morgan fingerprint density at radius 3 is 2.95 bits per heavy atom. The summed E-state index contributed by atoms with van der Waals surface area (Å²) in [5, 5.41) is 20.7. The second-order valence-electron chi connectivity index (χ2n) is 5.05. The molecule has 1 aliphatic heterocycles. The lowest BCUT2D eigenvalue weighted by Gasteiger charge is -2.20. The number of thioether (sulfide) groups is 1. The lowest BCUT2D eigenvalue weighted by Crippen LogP contribution is -2.28. The largest absolute Gasteiger partial charge is 0.481 e. The van der Waals surface area contributed by atoms with Gasteiger partial charge in [-0.1, -0.05) is 30.0 Å². The fraction of sp³-hybridized carbons (Fsp3) is 0.750. The molecule has 1 fully saturated rings. The maximum absolute atomic E-state index is 10.5. The first-order valence-corrected chi connectivity index (χ1v) is 8.58. The molecule has 1 aromatic rings. The van der Waals surface area contributed by atoms with Gasteiger partial charge in [0.1, 0.15) is 0 Å². The van der Waals surface area contributed by atoms with Gasteiger partial charge in [-0.15, -0.1) is 10.2 Å². The summed E-state index contributed by atoms with van der Waals surface area (Å²) in [4.78, 5) is 13.0. The molecule has 2 rings (SSSR count). The Morgan fingerprint density at radius 1 is 1.50 bits per heavy atom. The van der Waals surface area contributed by atoms with E-state index in [1.165, 1.54) is 49.0 Å². The molecular weight excluding hydrogens is 296 g/mol. The Bertz CT molecular complexity index is 435. The van der Waals surface area contributed by atoms with Crippen molar-refractivity contribution >= 4 is 34.2 Å². The zero-order valence-corrected chi connectivity index (χ0v) is 13.2. The summed E-state index contributed by atoms with van der Waals surface area (Å²) >= 11 is 2.62. The maximum Gasteiger partial charge on any atom is 0.313 e. The Kier molecular flexibility index (Phi) is 6.06. The maximum atomic E-state index is 10.5. The second-order valence-corrected chi connectivity index (χ2v) is 7.25. The number of carbonyl (C=O) groups is 1. The van der Waals surface area contributed by atoms with E-state index in [1.807, 2.05) is 0 Å². The van der Waals surface area contributed by atoms with Gasteiger partial charge in [0.2, 0.25) is 5.13 Å². The highest BCUT2D eigenvalue weighted by molar-refractivity contribution is 8.01. The normalized spacial score (nSPS) is 17.2. The molecule has 112 valence electrons. The van der Waals surface area contributed by atoms with E-state index in [0.717, 1.165) is 18.2 Å². The Morgan fingerprint density at radius 2 is 2.25 bits per heavy atom. The number of carboxylic acid groups (broad SMARTS) is 1. The molecule has 0 spiro atoms. The number of nitrogens with zero attached hydrogens (tertiary/aromatic N) is 3. The first-order chi connectivity index (χ1) is 9.63. The summed E-state index contributed by atoms with van der Waals surface area (Å²) in [6, 6.07) is 0. The SMILES string of the molecule is CC(CNc1nnc(SCC(=O)O)s1)CN1CCCC1. The third-order valence-corrected chi connectivity index (χ3v) is 5.09. The summed E-state index contributed by atoms with van der Waals surface area (Å²) in [6.07, 6.45) is 2.64. The molecule has 1 unspecified atom stereocenters. The molecule has 0 amide bonds. The number of aromatic nitrogens is 2. The van der Waals surface area contributed by atoms with Gasteiger partial charge in [0.15, 0.2) is 4.34 Å². The molecule has 2 N–H and O–H groups in total. The Labute approximate surface area is 127 Å². The zero-order chi connectivity index (χ0) is 14.4. The van der Waals surface area contributed by atoms with Gasteiger partial charge in [0.05, 0.1) is 5.75 Å². The van der Waals surface area contributed by atoms with Crippen LogP contribution in [0.25, 0.3) is 0 Å². The molecule has 0 radical (unpaired) electrons. The second kappa shape index (κ2) is 7.80. The fourth-order valence-electron chi connectivity index (χ4n) is 2.20. The third kappa shape index (κ3) is 5.26. The minimum absolute atomic E-state index is 0.0278. The van der Waals surface area contributed by atoms with Crippen LogP contribution >= 0.6 is 23.1 Å². The van der Waals surface area contributed by atoms with Crippen LogP contribution < -0.4 is 5.32 Å². The third-order valence-electron chi connectivity index (χ3n) is 3.10. The molecule has 6 nitrogen and oxygen atoms in total. The van der Waals surface area contributed by atoms with Crippen molar-refractivity contribution in [3.05, 3.63) is 0 Å². The van der Waals surface area contributed by atoms with E-state index in [1.54, 1.807) is 0 Å². The Balaban J connectivity index is 1.68. The average Bonchev–Trinajstić information content (AvgIpc) is 3.05. The fourth-order valence-corrected chi connectivity index (χ4v) is 3.67. The molecule has 1 atom stereocenters. The number of rotatable bonds is 8. The predicted molar refractivity (Wildman–Crippen MR) is 81.6 cm³/mol. The molecule has 0 aromatic carbocycles. The van der Waals surface area contributed by atoms with Gasteiger partial charge in [-0.05, 0) is 31.8 Å². The highest BCUT2D eigenvalue weighted by Crippen LogP contribution is 2.25. The number of hydrogen-bond acceptors (Lipinski definition) is 7. The van der Waals surface area contributed by atoms with Crippen LogP contribution in [0.5, 0.6) is 0 Å². The minimum atomic E-state index is -0.834. The van der Waals surface area contributed by atoms with Gasteiger partial charge >= 0.3 is 5.97 Å². The smallest absolute Gasteiger partial charge is 0.313 e. The number of likely N-dealkylation sites (tertiary alicyclic amines) is 1. The van der Waals surface area contributed by atoms with Crippen molar-refractivity contribution in [3.8, 4) is 0 Å². The van der Waals surface area contributed by atoms with Crippen LogP contribution in [0.15, 0.2) is 4.34 Å². The van der Waals surface area contributed by atoms with Gasteiger partial charge in [0, 0.05) is 13.1 Å². The molecule has 1 aliphatic rings. The standard InChI is InChI=1S/C12H20N4O2S2/c1-9(7-16-4-2-3-5-16)6-13-11-14-15-12(20-11)19-8-10(17)18/h9H,2-8H2,1H3,(H,13,14)(H,17,18). The van der Waals surface area contributed by atoms with E-state index >= 15 is 0 Å². The number of carboxylic acids is 1. The highest BCUT2D eigenvalue weighted by Gasteiger charge is 2.15. The minimum Gasteiger partial charge on any atom is -0.481 e. The van der Waals surface area contributed by atoms with Crippen LogP contribution in [0.2, 0.25) is 0 Å². The number of aliphatic carboxylic acids is 1. The predicted octanol–water partition coefficient (Wildman–Crippen LogP) is 1.86. The molecule has 1 saturated heterocycles. The molecule has 1 aromatic heterocycles. The van der Waals surface area contributed by atoms with Crippen LogP contribution in [0, 0.1) is 5.92 Å². The first-order valence-electron chi connectivity index (χ1n) is 6.78. The summed E-state index contributed by atoms with van der Waals surface area (Å²) in [6.45, 7) is 6.66. The molecular formula is C12H20N4O2S2. The molecule has 0 saturated carbocycles. The molecule has 0 aliphatic carbocycles. The quantitative estimate of drug-likeness (QED) is 0.709. The van der Waals surface area contributed by atoms with Crippen LogP contribution in [-0.4, -0.2) is 58.1 Å². The van der Waals surface area contributed by atoms with Crippen LogP contribution in [0.1, 0.15) is 19.8 Å². The first kappa shape index (κ1) is 15.5. The van der Waals surface area contributed by atoms with E-state index in [9.17, 15) is 4.79 Å². The average molecular weight is 316 g/mol. The van der Waals surface area contributed by atoms with Crippen LogP contribution in [0.4, 0.5) is 5.13 Å². The van der Waals surface area contributed by atoms with E-state index in [-0.39, 0.29) is 5.75 Å². The van der Waals surface area contributed by atoms with Crippen molar-refractivity contribution in [3.63, 3.8) is 0 Å². The van der Waals surface area contributed by atoms with E-state index in [2.05, 4.69) is 27.3 Å². The number of hydrogen-bond donors (Lipinski definition) is 2. The highest BCUT2D eigenvalue weighted by atomic mass is 32.2. The monoisotopic (exact) mass is 316 g/mol. The van der Waals surface area contributed by atoms with Gasteiger partial charge in [-0.2, -0.15) is 0 Å². The van der Waals surface area contributed by atoms with E-state index in [0.29, 0.717) is 10.3 Å². The lowest BCUT2D eigenvalue weighted by molar-refractivity contribution is -0.133. The molecule has 20 heavy (non-hydrogen) atoms.